The summed E-state index contributed by atoms with van der Waals surface area (Å²) in [6.45, 7) is 3.33. The van der Waals surface area contributed by atoms with Gasteiger partial charge in [-0.15, -0.1) is 0 Å². The molecule has 0 spiro atoms. The Bertz CT molecular complexity index is 502. The van der Waals surface area contributed by atoms with Crippen LogP contribution in [-0.4, -0.2) is 43.2 Å². The van der Waals surface area contributed by atoms with Gasteiger partial charge in [0.25, 0.3) is 0 Å². The molecule has 1 aromatic carbocycles. The van der Waals surface area contributed by atoms with Crippen LogP contribution in [0.1, 0.15) is 13.3 Å². The van der Waals surface area contributed by atoms with Crippen molar-refractivity contribution >= 4 is 11.6 Å². The summed E-state index contributed by atoms with van der Waals surface area (Å²) in [6, 6.07) is 1.64. The van der Waals surface area contributed by atoms with Gasteiger partial charge < -0.3 is 15.0 Å². The molecule has 7 heteroatoms. The highest BCUT2D eigenvalue weighted by Crippen LogP contribution is 2.17. The summed E-state index contributed by atoms with van der Waals surface area (Å²) in [6.07, 6.45) is 0.828. The molecule has 1 N–H and O–H groups in total. The van der Waals surface area contributed by atoms with Gasteiger partial charge in [-0.1, -0.05) is 6.92 Å². The van der Waals surface area contributed by atoms with Crippen LogP contribution < -0.4 is 5.32 Å². The largest absolute Gasteiger partial charge is 0.376 e. The molecule has 1 amide bonds. The van der Waals surface area contributed by atoms with Gasteiger partial charge in [0.05, 0.1) is 19.3 Å². The van der Waals surface area contributed by atoms with Gasteiger partial charge in [0.2, 0.25) is 5.91 Å². The minimum Gasteiger partial charge on any atom is -0.376 e. The Kier molecular flexibility index (Phi) is 5.06. The summed E-state index contributed by atoms with van der Waals surface area (Å²) < 4.78 is 44.4. The zero-order valence-corrected chi connectivity index (χ0v) is 11.7. The summed E-state index contributed by atoms with van der Waals surface area (Å²) in [5.41, 5.74) is 0.0278. The minimum absolute atomic E-state index is 0.0170. The van der Waals surface area contributed by atoms with E-state index in [9.17, 15) is 18.0 Å². The van der Waals surface area contributed by atoms with Gasteiger partial charge in [0.1, 0.15) is 0 Å². The molecule has 2 rings (SSSR count). The number of rotatable bonds is 4. The predicted octanol–water partition coefficient (Wildman–Crippen LogP) is 2.15. The number of amides is 1. The molecule has 1 heterocycles. The second-order valence-corrected chi connectivity index (χ2v) is 4.85. The van der Waals surface area contributed by atoms with Gasteiger partial charge in [0, 0.05) is 30.9 Å². The SMILES string of the molecule is CCC1CN(C(=O)CNc2cc(F)c(F)c(F)c2)CCO1. The highest BCUT2D eigenvalue weighted by molar-refractivity contribution is 5.81. The van der Waals surface area contributed by atoms with E-state index in [1.54, 1.807) is 4.90 Å². The van der Waals surface area contributed by atoms with Crippen molar-refractivity contribution in [3.63, 3.8) is 0 Å². The summed E-state index contributed by atoms with van der Waals surface area (Å²) >= 11 is 0. The van der Waals surface area contributed by atoms with Crippen LogP contribution in [0.2, 0.25) is 0 Å². The Hall–Kier alpha value is -1.76. The highest BCUT2D eigenvalue weighted by atomic mass is 19.2. The van der Waals surface area contributed by atoms with Gasteiger partial charge in [0.15, 0.2) is 17.5 Å². The van der Waals surface area contributed by atoms with E-state index in [4.69, 9.17) is 4.74 Å². The first kappa shape index (κ1) is 15.6. The molecule has 1 unspecified atom stereocenters. The number of carbonyl (C=O) groups excluding carboxylic acids is 1. The van der Waals surface area contributed by atoms with E-state index in [1.807, 2.05) is 6.92 Å². The number of morpholine rings is 1. The third kappa shape index (κ3) is 3.87. The van der Waals surface area contributed by atoms with Gasteiger partial charge in [-0.3, -0.25) is 4.79 Å². The van der Waals surface area contributed by atoms with E-state index < -0.39 is 17.5 Å². The second kappa shape index (κ2) is 6.80. The predicted molar refractivity (Wildman–Crippen MR) is 71.4 cm³/mol. The fraction of sp³-hybridized carbons (Fsp3) is 0.500. The lowest BCUT2D eigenvalue weighted by Crippen LogP contribution is -2.47. The number of nitrogens with one attached hydrogen (secondary N) is 1. The third-order valence-corrected chi connectivity index (χ3v) is 3.37. The lowest BCUT2D eigenvalue weighted by atomic mass is 10.2. The van der Waals surface area contributed by atoms with Crippen molar-refractivity contribution in [1.29, 1.82) is 0 Å². The molecule has 0 aliphatic carbocycles. The average molecular weight is 302 g/mol. The van der Waals surface area contributed by atoms with Crippen LogP contribution in [-0.2, 0) is 9.53 Å². The first-order valence-corrected chi connectivity index (χ1v) is 6.79. The molecule has 0 saturated carbocycles. The Labute approximate surface area is 120 Å². The molecule has 0 radical (unpaired) electrons. The molecular weight excluding hydrogens is 285 g/mol. The topological polar surface area (TPSA) is 41.6 Å². The molecule has 1 aliphatic rings. The van der Waals surface area contributed by atoms with Crippen LogP contribution >= 0.6 is 0 Å². The molecule has 1 atom stereocenters. The fourth-order valence-corrected chi connectivity index (χ4v) is 2.14. The van der Waals surface area contributed by atoms with Crippen molar-refractivity contribution in [1.82, 2.24) is 4.90 Å². The molecule has 1 aromatic rings. The quantitative estimate of drug-likeness (QED) is 0.867. The van der Waals surface area contributed by atoms with E-state index in [0.717, 1.165) is 18.6 Å². The van der Waals surface area contributed by atoms with Crippen LogP contribution in [0.5, 0.6) is 0 Å². The van der Waals surface area contributed by atoms with Gasteiger partial charge in [-0.2, -0.15) is 0 Å². The molecule has 1 aliphatic heterocycles. The monoisotopic (exact) mass is 302 g/mol. The maximum atomic E-state index is 13.0. The van der Waals surface area contributed by atoms with Crippen molar-refractivity contribution in [3.8, 4) is 0 Å². The number of carbonyl (C=O) groups is 1. The van der Waals surface area contributed by atoms with Crippen molar-refractivity contribution in [2.75, 3.05) is 31.6 Å². The third-order valence-electron chi connectivity index (χ3n) is 3.37. The highest BCUT2D eigenvalue weighted by Gasteiger charge is 2.22. The standard InChI is InChI=1S/C14H17F3N2O2/c1-2-10-8-19(3-4-21-10)13(20)7-18-9-5-11(15)14(17)12(16)6-9/h5-6,10,18H,2-4,7-8H2,1H3. The zero-order chi connectivity index (χ0) is 15.4. The van der Waals surface area contributed by atoms with Gasteiger partial charge >= 0.3 is 0 Å². The lowest BCUT2D eigenvalue weighted by Gasteiger charge is -2.32. The van der Waals surface area contributed by atoms with Crippen LogP contribution in [0.3, 0.4) is 0 Å². The maximum Gasteiger partial charge on any atom is 0.242 e. The first-order chi connectivity index (χ1) is 10.0. The van der Waals surface area contributed by atoms with Crippen LogP contribution in [0.15, 0.2) is 12.1 Å². The second-order valence-electron chi connectivity index (χ2n) is 4.85. The maximum absolute atomic E-state index is 13.0. The summed E-state index contributed by atoms with van der Waals surface area (Å²) in [7, 11) is 0. The van der Waals surface area contributed by atoms with Crippen molar-refractivity contribution in [2.45, 2.75) is 19.4 Å². The summed E-state index contributed by atoms with van der Waals surface area (Å²) in [4.78, 5) is 13.7. The summed E-state index contributed by atoms with van der Waals surface area (Å²) in [5, 5.41) is 2.60. The smallest absolute Gasteiger partial charge is 0.242 e. The lowest BCUT2D eigenvalue weighted by molar-refractivity contribution is -0.136. The van der Waals surface area contributed by atoms with E-state index in [-0.39, 0.29) is 24.2 Å². The number of nitrogens with zero attached hydrogens (tertiary/aromatic N) is 1. The molecule has 21 heavy (non-hydrogen) atoms. The molecule has 4 nitrogen and oxygen atoms in total. The Morgan fingerprint density at radius 2 is 2.05 bits per heavy atom. The fourth-order valence-electron chi connectivity index (χ4n) is 2.14. The Morgan fingerprint density at radius 1 is 1.38 bits per heavy atom. The van der Waals surface area contributed by atoms with Gasteiger partial charge in [-0.05, 0) is 6.42 Å². The van der Waals surface area contributed by atoms with Crippen LogP contribution in [0, 0.1) is 17.5 Å². The van der Waals surface area contributed by atoms with Crippen molar-refractivity contribution in [2.24, 2.45) is 0 Å². The normalized spacial score (nSPS) is 18.7. The molecule has 1 saturated heterocycles. The Balaban J connectivity index is 1.92. The van der Waals surface area contributed by atoms with E-state index >= 15 is 0 Å². The molecule has 0 aromatic heterocycles. The minimum atomic E-state index is -1.52. The number of hydrogen-bond donors (Lipinski definition) is 1. The van der Waals surface area contributed by atoms with Crippen molar-refractivity contribution in [3.05, 3.63) is 29.6 Å². The Morgan fingerprint density at radius 3 is 2.67 bits per heavy atom. The van der Waals surface area contributed by atoms with Crippen LogP contribution in [0.25, 0.3) is 0 Å². The van der Waals surface area contributed by atoms with E-state index in [2.05, 4.69) is 5.32 Å². The number of benzene rings is 1. The first-order valence-electron chi connectivity index (χ1n) is 6.79. The molecule has 0 bridgehead atoms. The van der Waals surface area contributed by atoms with Crippen molar-refractivity contribution < 1.29 is 22.7 Å². The molecular formula is C14H17F3N2O2. The number of hydrogen-bond acceptors (Lipinski definition) is 3. The van der Waals surface area contributed by atoms with E-state index in [0.29, 0.717) is 19.7 Å². The molecule has 116 valence electrons. The van der Waals surface area contributed by atoms with E-state index in [1.165, 1.54) is 0 Å². The van der Waals surface area contributed by atoms with Gasteiger partial charge in [-0.25, -0.2) is 13.2 Å². The molecule has 1 fully saturated rings. The van der Waals surface area contributed by atoms with Crippen LogP contribution in [0.4, 0.5) is 18.9 Å². The number of anilines is 1. The number of ether oxygens (including phenoxy) is 1. The zero-order valence-electron chi connectivity index (χ0n) is 11.7. The summed E-state index contributed by atoms with van der Waals surface area (Å²) in [5.74, 6) is -4.29. The average Bonchev–Trinajstić information content (AvgIpc) is 2.50. The number of halogens is 3.